The first-order valence-corrected chi connectivity index (χ1v) is 7.01. The van der Waals surface area contributed by atoms with E-state index in [4.69, 9.17) is 27.9 Å². The maximum atomic E-state index is 5.86. The lowest BCUT2D eigenvalue weighted by Crippen LogP contribution is -2.35. The number of halogens is 3. The van der Waals surface area contributed by atoms with Crippen LogP contribution >= 0.6 is 35.6 Å². The van der Waals surface area contributed by atoms with Crippen LogP contribution in [0.4, 0.5) is 0 Å². The van der Waals surface area contributed by atoms with Gasteiger partial charge in [0, 0.05) is 42.9 Å². The number of nitrogens with zero attached hydrogens (tertiary/aromatic N) is 1. The van der Waals surface area contributed by atoms with Gasteiger partial charge in [0.05, 0.1) is 6.61 Å². The van der Waals surface area contributed by atoms with Crippen molar-refractivity contribution in [1.82, 2.24) is 4.90 Å². The van der Waals surface area contributed by atoms with Crippen molar-refractivity contribution in [2.24, 2.45) is 0 Å². The summed E-state index contributed by atoms with van der Waals surface area (Å²) < 4.78 is 5.67. The molecule has 0 radical (unpaired) electrons. The van der Waals surface area contributed by atoms with Crippen LogP contribution in [0.3, 0.4) is 0 Å². The van der Waals surface area contributed by atoms with E-state index in [1.165, 1.54) is 5.56 Å². The fourth-order valence-corrected chi connectivity index (χ4v) is 2.78. The molecule has 2 nitrogen and oxygen atoms in total. The van der Waals surface area contributed by atoms with Gasteiger partial charge >= 0.3 is 0 Å². The number of hydrogen-bond acceptors (Lipinski definition) is 2. The summed E-state index contributed by atoms with van der Waals surface area (Å²) in [5.41, 5.74) is 1.26. The summed E-state index contributed by atoms with van der Waals surface area (Å²) in [6.45, 7) is 2.50. The Hall–Kier alpha value is -0.150. The molecule has 1 aromatic rings. The summed E-state index contributed by atoms with van der Waals surface area (Å²) in [6.07, 6.45) is 1.00. The molecule has 1 heterocycles. The SMILES string of the molecule is Cl.ClCCN(CCCl)C1CCOc2ccccc21. The van der Waals surface area contributed by atoms with Crippen molar-refractivity contribution in [2.75, 3.05) is 31.5 Å². The molecule has 1 unspecified atom stereocenters. The van der Waals surface area contributed by atoms with E-state index in [9.17, 15) is 0 Å². The number of benzene rings is 1. The highest BCUT2D eigenvalue weighted by Gasteiger charge is 2.25. The molecular formula is C13H18Cl3NO. The molecule has 0 bridgehead atoms. The standard InChI is InChI=1S/C13H17Cl2NO.ClH/c14-6-8-16(9-7-15)12-5-10-17-13-4-2-1-3-11(12)13;/h1-4,12H,5-10H2;1H. The van der Waals surface area contributed by atoms with Crippen molar-refractivity contribution in [3.05, 3.63) is 29.8 Å². The molecule has 18 heavy (non-hydrogen) atoms. The van der Waals surface area contributed by atoms with E-state index in [1.54, 1.807) is 0 Å². The Morgan fingerprint density at radius 3 is 2.50 bits per heavy atom. The monoisotopic (exact) mass is 309 g/mol. The second kappa shape index (κ2) is 8.11. The molecule has 102 valence electrons. The van der Waals surface area contributed by atoms with Gasteiger partial charge in [-0.2, -0.15) is 0 Å². The number of fused-ring (bicyclic) bond motifs is 1. The average Bonchev–Trinajstić information content (AvgIpc) is 2.38. The quantitative estimate of drug-likeness (QED) is 0.769. The zero-order chi connectivity index (χ0) is 12.1. The number of para-hydroxylation sites is 1. The molecule has 0 saturated heterocycles. The second-order valence-corrected chi connectivity index (χ2v) is 4.86. The molecule has 0 fully saturated rings. The Morgan fingerprint density at radius 1 is 1.17 bits per heavy atom. The lowest BCUT2D eigenvalue weighted by molar-refractivity contribution is 0.153. The van der Waals surface area contributed by atoms with Crippen LogP contribution in [0, 0.1) is 0 Å². The van der Waals surface area contributed by atoms with Gasteiger partial charge in [-0.05, 0) is 6.07 Å². The predicted octanol–water partition coefficient (Wildman–Crippen LogP) is 3.71. The lowest BCUT2D eigenvalue weighted by atomic mass is 9.99. The van der Waals surface area contributed by atoms with Crippen molar-refractivity contribution in [2.45, 2.75) is 12.5 Å². The lowest BCUT2D eigenvalue weighted by Gasteiger charge is -2.35. The van der Waals surface area contributed by atoms with Crippen molar-refractivity contribution in [3.63, 3.8) is 0 Å². The van der Waals surface area contributed by atoms with Gasteiger partial charge in [-0.25, -0.2) is 0 Å². The largest absolute Gasteiger partial charge is 0.493 e. The zero-order valence-corrected chi connectivity index (χ0v) is 12.5. The van der Waals surface area contributed by atoms with E-state index in [-0.39, 0.29) is 12.4 Å². The molecule has 0 amide bonds. The van der Waals surface area contributed by atoms with E-state index in [0.717, 1.165) is 31.9 Å². The van der Waals surface area contributed by atoms with Crippen LogP contribution in [0.2, 0.25) is 0 Å². The zero-order valence-electron chi connectivity index (χ0n) is 10.1. The van der Waals surface area contributed by atoms with Gasteiger partial charge in [0.2, 0.25) is 0 Å². The molecule has 0 saturated carbocycles. The van der Waals surface area contributed by atoms with Crippen molar-refractivity contribution in [3.8, 4) is 5.75 Å². The molecule has 2 rings (SSSR count). The third-order valence-corrected chi connectivity index (χ3v) is 3.45. The Kier molecular flexibility index (Phi) is 7.16. The molecule has 0 N–H and O–H groups in total. The summed E-state index contributed by atoms with van der Waals surface area (Å²) in [5, 5.41) is 0. The highest BCUT2D eigenvalue weighted by molar-refractivity contribution is 6.18. The Morgan fingerprint density at radius 2 is 1.83 bits per heavy atom. The first kappa shape index (κ1) is 15.9. The molecular weight excluding hydrogens is 293 g/mol. The summed E-state index contributed by atoms with van der Waals surface area (Å²) in [4.78, 5) is 2.35. The van der Waals surface area contributed by atoms with Gasteiger partial charge in [0.1, 0.15) is 5.75 Å². The van der Waals surface area contributed by atoms with Crippen LogP contribution in [0.15, 0.2) is 24.3 Å². The molecule has 0 aliphatic carbocycles. The summed E-state index contributed by atoms with van der Waals surface area (Å²) in [7, 11) is 0. The van der Waals surface area contributed by atoms with Gasteiger partial charge in [-0.1, -0.05) is 18.2 Å². The Labute approximate surface area is 125 Å². The topological polar surface area (TPSA) is 12.5 Å². The van der Waals surface area contributed by atoms with E-state index < -0.39 is 0 Å². The van der Waals surface area contributed by atoms with Crippen LogP contribution < -0.4 is 4.74 Å². The first-order chi connectivity index (χ1) is 8.36. The Bertz CT molecular complexity index is 356. The second-order valence-electron chi connectivity index (χ2n) is 4.10. The van der Waals surface area contributed by atoms with Crippen molar-refractivity contribution in [1.29, 1.82) is 0 Å². The van der Waals surface area contributed by atoms with Gasteiger partial charge in [0.25, 0.3) is 0 Å². The molecule has 5 heteroatoms. The minimum Gasteiger partial charge on any atom is -0.493 e. The molecule has 1 atom stereocenters. The fraction of sp³-hybridized carbons (Fsp3) is 0.538. The number of ether oxygens (including phenoxy) is 1. The van der Waals surface area contributed by atoms with Crippen LogP contribution in [-0.2, 0) is 0 Å². The highest BCUT2D eigenvalue weighted by atomic mass is 35.5. The van der Waals surface area contributed by atoms with Crippen LogP contribution in [0.25, 0.3) is 0 Å². The van der Waals surface area contributed by atoms with Gasteiger partial charge in [0.15, 0.2) is 0 Å². The number of alkyl halides is 2. The molecule has 0 aromatic heterocycles. The predicted molar refractivity (Wildman–Crippen MR) is 79.6 cm³/mol. The van der Waals surface area contributed by atoms with Crippen LogP contribution in [0.1, 0.15) is 18.0 Å². The van der Waals surface area contributed by atoms with E-state index in [2.05, 4.69) is 17.0 Å². The molecule has 0 spiro atoms. The van der Waals surface area contributed by atoms with E-state index in [1.807, 2.05) is 12.1 Å². The highest BCUT2D eigenvalue weighted by Crippen LogP contribution is 2.35. The molecule has 1 aromatic carbocycles. The number of hydrogen-bond donors (Lipinski definition) is 0. The maximum absolute atomic E-state index is 5.86. The normalized spacial score (nSPS) is 17.8. The van der Waals surface area contributed by atoms with Crippen molar-refractivity contribution < 1.29 is 4.74 Å². The maximum Gasteiger partial charge on any atom is 0.124 e. The van der Waals surface area contributed by atoms with Gasteiger partial charge in [-0.15, -0.1) is 35.6 Å². The van der Waals surface area contributed by atoms with E-state index >= 15 is 0 Å². The minimum absolute atomic E-state index is 0. The van der Waals surface area contributed by atoms with E-state index in [0.29, 0.717) is 17.8 Å². The first-order valence-electron chi connectivity index (χ1n) is 5.94. The summed E-state index contributed by atoms with van der Waals surface area (Å²) in [5.74, 6) is 2.27. The Balaban J connectivity index is 0.00000162. The van der Waals surface area contributed by atoms with Crippen molar-refractivity contribution >= 4 is 35.6 Å². The smallest absolute Gasteiger partial charge is 0.124 e. The van der Waals surface area contributed by atoms with Gasteiger partial charge in [-0.3, -0.25) is 4.90 Å². The third kappa shape index (κ3) is 3.67. The average molecular weight is 311 g/mol. The van der Waals surface area contributed by atoms with Crippen LogP contribution in [0.5, 0.6) is 5.75 Å². The number of rotatable bonds is 5. The fourth-order valence-electron chi connectivity index (χ4n) is 2.34. The molecule has 1 aliphatic heterocycles. The van der Waals surface area contributed by atoms with Crippen LogP contribution in [-0.4, -0.2) is 36.4 Å². The molecule has 1 aliphatic rings. The summed E-state index contributed by atoms with van der Waals surface area (Å²) >= 11 is 11.7. The summed E-state index contributed by atoms with van der Waals surface area (Å²) in [6, 6.07) is 8.61. The third-order valence-electron chi connectivity index (χ3n) is 3.11. The van der Waals surface area contributed by atoms with Gasteiger partial charge < -0.3 is 4.74 Å². The minimum atomic E-state index is 0.